The van der Waals surface area contributed by atoms with Crippen molar-refractivity contribution >= 4 is 23.1 Å². The molecule has 1 rings (SSSR count). The molecular weight excluding hydrogens is 198 g/mol. The van der Waals surface area contributed by atoms with Crippen LogP contribution in [0.25, 0.3) is 0 Å². The molecule has 0 aromatic carbocycles. The summed E-state index contributed by atoms with van der Waals surface area (Å²) in [4.78, 5) is 13.3. The average molecular weight is 215 g/mol. The first-order valence-corrected chi connectivity index (χ1v) is 5.33. The van der Waals surface area contributed by atoms with Gasteiger partial charge in [-0.3, -0.25) is 9.69 Å². The Kier molecular flexibility index (Phi) is 4.28. The number of likely N-dealkylation sites (tertiary alicyclic amines) is 1. The summed E-state index contributed by atoms with van der Waals surface area (Å²) in [5.74, 6) is -0.266. The number of rotatable bonds is 4. The Balaban J connectivity index is 2.45. The maximum absolute atomic E-state index is 10.6. The third kappa shape index (κ3) is 3.23. The average Bonchev–Trinajstić information content (AvgIpc) is 2.15. The van der Waals surface area contributed by atoms with E-state index in [-0.39, 0.29) is 11.9 Å². The number of primary amides is 1. The number of nitrogens with zero attached hydrogens (tertiary/aromatic N) is 1. The molecule has 1 saturated heterocycles. The fourth-order valence-corrected chi connectivity index (χ4v) is 2.10. The highest BCUT2D eigenvalue weighted by atomic mass is 32.1. The quantitative estimate of drug-likeness (QED) is 0.648. The van der Waals surface area contributed by atoms with E-state index in [0.717, 1.165) is 25.8 Å². The van der Waals surface area contributed by atoms with Crippen LogP contribution >= 0.6 is 12.2 Å². The maximum Gasteiger partial charge on any atom is 0.218 e. The summed E-state index contributed by atoms with van der Waals surface area (Å²) in [5, 5.41) is 0. The van der Waals surface area contributed by atoms with E-state index in [1.807, 2.05) is 0 Å². The van der Waals surface area contributed by atoms with Gasteiger partial charge in [-0.05, 0) is 19.4 Å². The van der Waals surface area contributed by atoms with Crippen molar-refractivity contribution in [3.63, 3.8) is 0 Å². The zero-order valence-electron chi connectivity index (χ0n) is 8.24. The van der Waals surface area contributed by atoms with E-state index >= 15 is 0 Å². The second-order valence-corrected chi connectivity index (χ2v) is 4.14. The van der Waals surface area contributed by atoms with E-state index in [0.29, 0.717) is 18.0 Å². The lowest BCUT2D eigenvalue weighted by molar-refractivity contribution is -0.118. The molecule has 0 bridgehead atoms. The molecule has 1 aliphatic heterocycles. The number of hydrogen-bond donors (Lipinski definition) is 2. The SMILES string of the molecule is NC(=O)CCN1CCCCC1C(N)=S. The van der Waals surface area contributed by atoms with Gasteiger partial charge in [-0.1, -0.05) is 18.6 Å². The molecule has 1 amide bonds. The molecule has 0 saturated carbocycles. The van der Waals surface area contributed by atoms with Crippen molar-refractivity contribution in [1.82, 2.24) is 4.90 Å². The van der Waals surface area contributed by atoms with Gasteiger partial charge in [-0.25, -0.2) is 0 Å². The van der Waals surface area contributed by atoms with Crippen molar-refractivity contribution in [3.05, 3.63) is 0 Å². The van der Waals surface area contributed by atoms with Gasteiger partial charge in [0.1, 0.15) is 0 Å². The van der Waals surface area contributed by atoms with Crippen LogP contribution in [0.2, 0.25) is 0 Å². The Morgan fingerprint density at radius 1 is 1.43 bits per heavy atom. The highest BCUT2D eigenvalue weighted by Crippen LogP contribution is 2.17. The normalized spacial score (nSPS) is 23.3. The molecule has 0 aromatic heterocycles. The zero-order chi connectivity index (χ0) is 10.6. The number of nitrogens with two attached hydrogens (primary N) is 2. The lowest BCUT2D eigenvalue weighted by Crippen LogP contribution is -2.47. The van der Waals surface area contributed by atoms with E-state index in [1.165, 1.54) is 0 Å². The standard InChI is InChI=1S/C9H17N3OS/c10-8(13)4-6-12-5-2-1-3-7(12)9(11)14/h7H,1-6H2,(H2,10,13)(H2,11,14). The van der Waals surface area contributed by atoms with E-state index in [2.05, 4.69) is 4.90 Å². The minimum Gasteiger partial charge on any atom is -0.392 e. The minimum absolute atomic E-state index is 0.165. The molecule has 1 atom stereocenters. The molecule has 0 aromatic rings. The lowest BCUT2D eigenvalue weighted by Gasteiger charge is -2.34. The Bertz CT molecular complexity index is 232. The van der Waals surface area contributed by atoms with Crippen LogP contribution in [0, 0.1) is 0 Å². The number of amides is 1. The molecule has 1 heterocycles. The van der Waals surface area contributed by atoms with Crippen LogP contribution in [0.3, 0.4) is 0 Å². The summed E-state index contributed by atoms with van der Waals surface area (Å²) in [7, 11) is 0. The summed E-state index contributed by atoms with van der Waals surface area (Å²) in [5.41, 5.74) is 10.7. The molecule has 5 heteroatoms. The topological polar surface area (TPSA) is 72.4 Å². The highest BCUT2D eigenvalue weighted by Gasteiger charge is 2.24. The predicted octanol–water partition coefficient (Wildman–Crippen LogP) is 0.00240. The van der Waals surface area contributed by atoms with Gasteiger partial charge in [0.05, 0.1) is 11.0 Å². The Labute approximate surface area is 89.6 Å². The molecule has 4 N–H and O–H groups in total. The van der Waals surface area contributed by atoms with E-state index in [1.54, 1.807) is 0 Å². The van der Waals surface area contributed by atoms with Gasteiger partial charge in [0.2, 0.25) is 5.91 Å². The van der Waals surface area contributed by atoms with E-state index < -0.39 is 0 Å². The van der Waals surface area contributed by atoms with Gasteiger partial charge in [0.15, 0.2) is 0 Å². The van der Waals surface area contributed by atoms with Crippen LogP contribution in [0.5, 0.6) is 0 Å². The fraction of sp³-hybridized carbons (Fsp3) is 0.778. The first-order chi connectivity index (χ1) is 6.61. The number of carbonyl (C=O) groups excluding carboxylic acids is 1. The summed E-state index contributed by atoms with van der Waals surface area (Å²) in [6.45, 7) is 1.65. The van der Waals surface area contributed by atoms with Crippen molar-refractivity contribution in [2.45, 2.75) is 31.7 Å². The van der Waals surface area contributed by atoms with Gasteiger partial charge in [-0.15, -0.1) is 0 Å². The maximum atomic E-state index is 10.6. The molecule has 1 fully saturated rings. The molecule has 4 nitrogen and oxygen atoms in total. The minimum atomic E-state index is -0.266. The predicted molar refractivity (Wildman–Crippen MR) is 59.8 cm³/mol. The molecule has 1 aliphatic rings. The molecular formula is C9H17N3OS. The Hall–Kier alpha value is -0.680. The number of thiocarbonyl (C=S) groups is 1. The van der Waals surface area contributed by atoms with Gasteiger partial charge >= 0.3 is 0 Å². The van der Waals surface area contributed by atoms with Crippen LogP contribution in [-0.2, 0) is 4.79 Å². The van der Waals surface area contributed by atoms with Crippen LogP contribution in [0.4, 0.5) is 0 Å². The summed E-state index contributed by atoms with van der Waals surface area (Å²) in [6.07, 6.45) is 3.71. The van der Waals surface area contributed by atoms with Crippen molar-refractivity contribution in [3.8, 4) is 0 Å². The van der Waals surface area contributed by atoms with Crippen LogP contribution in [0.15, 0.2) is 0 Å². The van der Waals surface area contributed by atoms with Crippen LogP contribution in [-0.4, -0.2) is 34.9 Å². The third-order valence-corrected chi connectivity index (χ3v) is 2.86. The second-order valence-electron chi connectivity index (χ2n) is 3.67. The monoisotopic (exact) mass is 215 g/mol. The largest absolute Gasteiger partial charge is 0.392 e. The smallest absolute Gasteiger partial charge is 0.218 e. The second kappa shape index (κ2) is 5.26. The molecule has 14 heavy (non-hydrogen) atoms. The first-order valence-electron chi connectivity index (χ1n) is 4.93. The highest BCUT2D eigenvalue weighted by molar-refractivity contribution is 7.80. The van der Waals surface area contributed by atoms with E-state index in [4.69, 9.17) is 23.7 Å². The Morgan fingerprint density at radius 3 is 2.71 bits per heavy atom. The van der Waals surface area contributed by atoms with Crippen LogP contribution in [0.1, 0.15) is 25.7 Å². The lowest BCUT2D eigenvalue weighted by atomic mass is 10.0. The van der Waals surface area contributed by atoms with Crippen LogP contribution < -0.4 is 11.5 Å². The summed E-state index contributed by atoms with van der Waals surface area (Å²) < 4.78 is 0. The van der Waals surface area contributed by atoms with Gasteiger partial charge in [-0.2, -0.15) is 0 Å². The van der Waals surface area contributed by atoms with Crippen molar-refractivity contribution < 1.29 is 4.79 Å². The fourth-order valence-electron chi connectivity index (χ4n) is 1.83. The van der Waals surface area contributed by atoms with Gasteiger partial charge in [0, 0.05) is 13.0 Å². The van der Waals surface area contributed by atoms with Gasteiger partial charge in [0.25, 0.3) is 0 Å². The zero-order valence-corrected chi connectivity index (χ0v) is 9.05. The summed E-state index contributed by atoms with van der Waals surface area (Å²) >= 11 is 4.99. The number of hydrogen-bond acceptors (Lipinski definition) is 3. The van der Waals surface area contributed by atoms with E-state index in [9.17, 15) is 4.79 Å². The first kappa shape index (κ1) is 11.4. The Morgan fingerprint density at radius 2 is 2.14 bits per heavy atom. The van der Waals surface area contributed by atoms with Crippen molar-refractivity contribution in [2.75, 3.05) is 13.1 Å². The molecule has 80 valence electrons. The molecule has 0 spiro atoms. The number of carbonyl (C=O) groups is 1. The van der Waals surface area contributed by atoms with Crippen molar-refractivity contribution in [2.24, 2.45) is 11.5 Å². The molecule has 1 unspecified atom stereocenters. The number of piperidine rings is 1. The van der Waals surface area contributed by atoms with Gasteiger partial charge < -0.3 is 11.5 Å². The van der Waals surface area contributed by atoms with Crippen molar-refractivity contribution in [1.29, 1.82) is 0 Å². The molecule has 0 radical (unpaired) electrons. The third-order valence-electron chi connectivity index (χ3n) is 2.59. The summed E-state index contributed by atoms with van der Waals surface area (Å²) in [6, 6.07) is 0.165. The molecule has 0 aliphatic carbocycles.